The van der Waals surface area contributed by atoms with Gasteiger partial charge in [0.15, 0.2) is 0 Å². The summed E-state index contributed by atoms with van der Waals surface area (Å²) in [5.74, 6) is -1.68. The van der Waals surface area contributed by atoms with E-state index in [1.807, 2.05) is 24.3 Å². The van der Waals surface area contributed by atoms with Crippen molar-refractivity contribution in [1.29, 1.82) is 0 Å². The molecule has 5 rings (SSSR count). The van der Waals surface area contributed by atoms with Gasteiger partial charge in [-0.05, 0) is 52.8 Å². The number of carbonyl (C=O) groups excluding carboxylic acids is 2. The summed E-state index contributed by atoms with van der Waals surface area (Å²) in [6.07, 6.45) is 0.105. The molecule has 178 valence electrons. The van der Waals surface area contributed by atoms with Crippen molar-refractivity contribution >= 4 is 39.6 Å². The van der Waals surface area contributed by atoms with E-state index < -0.39 is 12.1 Å². The highest BCUT2D eigenvalue weighted by atomic mass is 79.9. The van der Waals surface area contributed by atoms with Crippen LogP contribution in [0.5, 0.6) is 0 Å². The van der Waals surface area contributed by atoms with Gasteiger partial charge in [0.05, 0.1) is 11.3 Å². The van der Waals surface area contributed by atoms with Crippen LogP contribution in [-0.2, 0) is 9.53 Å². The van der Waals surface area contributed by atoms with Crippen molar-refractivity contribution < 1.29 is 24.2 Å². The molecule has 0 spiro atoms. The summed E-state index contributed by atoms with van der Waals surface area (Å²) in [6, 6.07) is 21.0. The van der Waals surface area contributed by atoms with E-state index in [4.69, 9.17) is 4.74 Å². The topological polar surface area (TPSA) is 105 Å². The molecule has 3 aromatic carbocycles. The number of halogens is 1. The molecular formula is C27H23BrN2O5. The Labute approximate surface area is 210 Å². The van der Waals surface area contributed by atoms with Crippen LogP contribution < -0.4 is 10.6 Å². The number of fused-ring (bicyclic) bond motifs is 3. The number of nitrogens with one attached hydrogen (secondary N) is 2. The highest BCUT2D eigenvalue weighted by molar-refractivity contribution is 9.10. The number of hydrogen-bond donors (Lipinski definition) is 3. The van der Waals surface area contributed by atoms with Crippen molar-refractivity contribution in [3.05, 3.63) is 87.9 Å². The van der Waals surface area contributed by atoms with Crippen molar-refractivity contribution in [3.63, 3.8) is 0 Å². The number of carbonyl (C=O) groups is 3. The van der Waals surface area contributed by atoms with E-state index >= 15 is 0 Å². The van der Waals surface area contributed by atoms with E-state index in [-0.39, 0.29) is 41.5 Å². The fourth-order valence-corrected chi connectivity index (χ4v) is 5.05. The average Bonchev–Trinajstić information content (AvgIpc) is 3.57. The highest BCUT2D eigenvalue weighted by Crippen LogP contribution is 2.44. The quantitative estimate of drug-likeness (QED) is 0.383. The van der Waals surface area contributed by atoms with Gasteiger partial charge in [-0.1, -0.05) is 64.5 Å². The zero-order valence-electron chi connectivity index (χ0n) is 18.7. The third kappa shape index (κ3) is 4.79. The summed E-state index contributed by atoms with van der Waals surface area (Å²) < 4.78 is 6.16. The molecule has 0 aromatic heterocycles. The van der Waals surface area contributed by atoms with Gasteiger partial charge < -0.3 is 20.5 Å². The Balaban J connectivity index is 1.12. The minimum absolute atomic E-state index is 0.0121. The fraction of sp³-hybridized carbons (Fsp3) is 0.222. The van der Waals surface area contributed by atoms with Crippen LogP contribution in [0.4, 0.5) is 10.5 Å². The molecule has 3 N–H and O–H groups in total. The second-order valence-corrected chi connectivity index (χ2v) is 9.71. The van der Waals surface area contributed by atoms with E-state index in [1.54, 1.807) is 12.1 Å². The first kappa shape index (κ1) is 23.1. The number of benzene rings is 3. The lowest BCUT2D eigenvalue weighted by molar-refractivity contribution is -0.117. The molecule has 2 aliphatic rings. The molecule has 35 heavy (non-hydrogen) atoms. The Morgan fingerprint density at radius 1 is 0.971 bits per heavy atom. The molecule has 0 aliphatic heterocycles. The number of carboxylic acid groups (broad SMARTS) is 1. The number of ether oxygens (including phenoxy) is 1. The third-order valence-corrected chi connectivity index (χ3v) is 7.07. The van der Waals surface area contributed by atoms with E-state index in [9.17, 15) is 19.5 Å². The van der Waals surface area contributed by atoms with Gasteiger partial charge in [0, 0.05) is 22.9 Å². The second-order valence-electron chi connectivity index (χ2n) is 8.79. The van der Waals surface area contributed by atoms with Crippen LogP contribution in [0.25, 0.3) is 11.1 Å². The second kappa shape index (κ2) is 9.54. The SMILES string of the molecule is O=C(NC[C@@H]1C[C@@H]1C(=O)Nc1ccc(Br)cc1C(=O)O)OCC1c2ccccc2-c2ccccc21. The maximum Gasteiger partial charge on any atom is 0.407 e. The minimum Gasteiger partial charge on any atom is -0.478 e. The molecule has 0 bridgehead atoms. The molecule has 0 radical (unpaired) electrons. The van der Waals surface area contributed by atoms with Crippen molar-refractivity contribution in [2.75, 3.05) is 18.5 Å². The minimum atomic E-state index is -1.12. The number of rotatable bonds is 7. The van der Waals surface area contributed by atoms with Crippen LogP contribution in [0.15, 0.2) is 71.2 Å². The zero-order chi connectivity index (χ0) is 24.5. The molecule has 3 aromatic rings. The number of anilines is 1. The number of amides is 2. The largest absolute Gasteiger partial charge is 0.478 e. The smallest absolute Gasteiger partial charge is 0.407 e. The van der Waals surface area contributed by atoms with Crippen LogP contribution in [-0.4, -0.2) is 36.2 Å². The normalized spacial score (nSPS) is 17.7. The zero-order valence-corrected chi connectivity index (χ0v) is 20.2. The van der Waals surface area contributed by atoms with Crippen molar-refractivity contribution in [3.8, 4) is 11.1 Å². The number of alkyl carbamates (subject to hydrolysis) is 1. The van der Waals surface area contributed by atoms with E-state index in [0.29, 0.717) is 17.4 Å². The molecule has 0 heterocycles. The van der Waals surface area contributed by atoms with E-state index in [0.717, 1.165) is 11.1 Å². The molecule has 2 aliphatic carbocycles. The Kier molecular flexibility index (Phi) is 6.30. The maximum absolute atomic E-state index is 12.6. The molecule has 1 fully saturated rings. The number of carboxylic acids is 1. The van der Waals surface area contributed by atoms with Gasteiger partial charge in [-0.25, -0.2) is 9.59 Å². The van der Waals surface area contributed by atoms with Crippen LogP contribution in [0.1, 0.15) is 33.8 Å². The average molecular weight is 535 g/mol. The first-order valence-corrected chi connectivity index (χ1v) is 12.1. The molecule has 1 saturated carbocycles. The maximum atomic E-state index is 12.6. The number of aromatic carboxylic acids is 1. The van der Waals surface area contributed by atoms with Gasteiger partial charge in [-0.15, -0.1) is 0 Å². The highest BCUT2D eigenvalue weighted by Gasteiger charge is 2.43. The molecule has 7 nitrogen and oxygen atoms in total. The first-order valence-electron chi connectivity index (χ1n) is 11.3. The van der Waals surface area contributed by atoms with Gasteiger partial charge in [-0.2, -0.15) is 0 Å². The summed E-state index contributed by atoms with van der Waals surface area (Å²) in [4.78, 5) is 36.4. The van der Waals surface area contributed by atoms with Gasteiger partial charge in [0.25, 0.3) is 0 Å². The third-order valence-electron chi connectivity index (χ3n) is 6.58. The molecule has 2 amide bonds. The molecule has 0 saturated heterocycles. The van der Waals surface area contributed by atoms with Gasteiger partial charge >= 0.3 is 12.1 Å². The van der Waals surface area contributed by atoms with E-state index in [2.05, 4.69) is 50.8 Å². The Bertz CT molecular complexity index is 1280. The molecule has 8 heteroatoms. The summed E-state index contributed by atoms with van der Waals surface area (Å²) >= 11 is 3.24. The lowest BCUT2D eigenvalue weighted by Crippen LogP contribution is -2.29. The Morgan fingerprint density at radius 3 is 2.29 bits per heavy atom. The summed E-state index contributed by atoms with van der Waals surface area (Å²) in [5, 5.41) is 14.8. The Morgan fingerprint density at radius 2 is 1.63 bits per heavy atom. The van der Waals surface area contributed by atoms with Crippen molar-refractivity contribution in [1.82, 2.24) is 5.32 Å². The van der Waals surface area contributed by atoms with Crippen LogP contribution in [0.3, 0.4) is 0 Å². The lowest BCUT2D eigenvalue weighted by atomic mass is 9.98. The van der Waals surface area contributed by atoms with Crippen molar-refractivity contribution in [2.24, 2.45) is 11.8 Å². The van der Waals surface area contributed by atoms with Gasteiger partial charge in [0.2, 0.25) is 5.91 Å². The summed E-state index contributed by atoms with van der Waals surface area (Å²) in [6.45, 7) is 0.552. The van der Waals surface area contributed by atoms with Crippen LogP contribution in [0, 0.1) is 11.8 Å². The summed E-state index contributed by atoms with van der Waals surface area (Å²) in [5.41, 5.74) is 4.90. The van der Waals surface area contributed by atoms with Crippen LogP contribution in [0.2, 0.25) is 0 Å². The predicted molar refractivity (Wildman–Crippen MR) is 134 cm³/mol. The van der Waals surface area contributed by atoms with Crippen LogP contribution >= 0.6 is 15.9 Å². The molecular weight excluding hydrogens is 512 g/mol. The van der Waals surface area contributed by atoms with Crippen molar-refractivity contribution in [2.45, 2.75) is 12.3 Å². The lowest BCUT2D eigenvalue weighted by Gasteiger charge is -2.14. The molecule has 0 unspecified atom stereocenters. The van der Waals surface area contributed by atoms with Gasteiger partial charge in [-0.3, -0.25) is 4.79 Å². The first-order chi connectivity index (χ1) is 16.9. The molecule has 2 atom stereocenters. The van der Waals surface area contributed by atoms with E-state index in [1.165, 1.54) is 17.2 Å². The fourth-order valence-electron chi connectivity index (χ4n) is 4.69. The number of hydrogen-bond acceptors (Lipinski definition) is 4. The standard InChI is InChI=1S/C27H23BrN2O5/c28-16-9-10-24(22(12-16)26(32)33)30-25(31)21-11-15(21)13-29-27(34)35-14-23-19-7-3-1-5-17(19)18-6-2-4-8-20(18)23/h1-10,12,15,21,23H,11,13-14H2,(H,29,34)(H,30,31)(H,32,33)/t15-,21-/m0/s1. The Hall–Kier alpha value is -3.65. The van der Waals surface area contributed by atoms with Gasteiger partial charge in [0.1, 0.15) is 6.61 Å². The predicted octanol–water partition coefficient (Wildman–Crippen LogP) is 5.26. The summed E-state index contributed by atoms with van der Waals surface area (Å²) in [7, 11) is 0. The monoisotopic (exact) mass is 534 g/mol.